The number of hydrogen-bond donors (Lipinski definition) is 3. The fourth-order valence-corrected chi connectivity index (χ4v) is 10.1. The first-order chi connectivity index (χ1) is 37.9. The standard InChI is InChI=1S/2C33H54O6/c1-4-7-10-13-16-19-24-37-31(34)28-22-23-29(32(35)38-25-20-17-14-11-8-5-2)30(27-28)33(36)39-26-21-18-15-12-9-6-3;1-4-7-10-13-16-19-22-25-26(23-20-17-14-11-8-5-2)29(32(36)37)30(33(38)39)27(28(25)31(34)35)24-21-18-15-12-9-6-3/h22-23,27H,4-21,24-26H2,1-3H3;4-24H2,1-3H3,(H,34,35)(H,36,37)(H,38,39). The molecule has 78 heavy (non-hydrogen) atoms. The highest BCUT2D eigenvalue weighted by Gasteiger charge is 2.32. The summed E-state index contributed by atoms with van der Waals surface area (Å²) in [5.41, 5.74) is 1.20. The lowest BCUT2D eigenvalue weighted by Gasteiger charge is -2.22. The van der Waals surface area contributed by atoms with Crippen LogP contribution in [0, 0.1) is 0 Å². The highest BCUT2D eigenvalue weighted by molar-refractivity contribution is 6.08. The maximum absolute atomic E-state index is 13.0. The molecule has 0 aliphatic heterocycles. The van der Waals surface area contributed by atoms with Crippen LogP contribution in [0.4, 0.5) is 0 Å². The van der Waals surface area contributed by atoms with Gasteiger partial charge in [0, 0.05) is 0 Å². The molecule has 2 rings (SSSR count). The SMILES string of the molecule is CCCCCCCCOC(=O)c1ccc(C(=O)OCCCCCCCC)c(C(=O)OCCCCCCCC)c1.CCCCCCCCc1c(CCCCCCCC)c(C(=O)O)c(C(=O)O)c(CCCCCCCC)c1C(=O)O. The molecule has 0 saturated carbocycles. The van der Waals surface area contributed by atoms with Crippen molar-refractivity contribution in [2.45, 2.75) is 292 Å². The van der Waals surface area contributed by atoms with E-state index in [1.807, 2.05) is 0 Å². The minimum absolute atomic E-state index is 0.0560. The smallest absolute Gasteiger partial charge is 0.339 e. The molecule has 12 nitrogen and oxygen atoms in total. The van der Waals surface area contributed by atoms with Crippen LogP contribution >= 0.6 is 0 Å². The molecule has 0 fully saturated rings. The van der Waals surface area contributed by atoms with Crippen molar-refractivity contribution in [3.05, 3.63) is 68.3 Å². The van der Waals surface area contributed by atoms with E-state index in [-0.39, 0.29) is 52.0 Å². The molecule has 3 N–H and O–H groups in total. The number of carboxylic acids is 3. The summed E-state index contributed by atoms with van der Waals surface area (Å²) in [5, 5.41) is 30.9. The number of carboxylic acid groups (broad SMARTS) is 3. The molecule has 12 heteroatoms. The first-order valence-electron chi connectivity index (χ1n) is 31.4. The van der Waals surface area contributed by atoms with Gasteiger partial charge in [-0.3, -0.25) is 0 Å². The van der Waals surface area contributed by atoms with Gasteiger partial charge < -0.3 is 29.5 Å². The van der Waals surface area contributed by atoms with E-state index in [0.717, 1.165) is 161 Å². The van der Waals surface area contributed by atoms with E-state index >= 15 is 0 Å². The Morgan fingerprint density at radius 2 is 0.577 bits per heavy atom. The lowest BCUT2D eigenvalue weighted by Crippen LogP contribution is -2.22. The number of carbonyl (C=O) groups excluding carboxylic acids is 3. The van der Waals surface area contributed by atoms with Gasteiger partial charge in [0.1, 0.15) is 0 Å². The van der Waals surface area contributed by atoms with Gasteiger partial charge in [-0.25, -0.2) is 28.8 Å². The Morgan fingerprint density at radius 3 is 0.923 bits per heavy atom. The van der Waals surface area contributed by atoms with E-state index < -0.39 is 35.8 Å². The second-order valence-electron chi connectivity index (χ2n) is 21.5. The van der Waals surface area contributed by atoms with E-state index in [4.69, 9.17) is 14.2 Å². The van der Waals surface area contributed by atoms with Gasteiger partial charge in [-0.15, -0.1) is 0 Å². The molecule has 444 valence electrons. The summed E-state index contributed by atoms with van der Waals surface area (Å²) in [5.74, 6) is -5.42. The lowest BCUT2D eigenvalue weighted by molar-refractivity contribution is 0.0447. The molecular formula is C66H108O12. The number of hydrogen-bond acceptors (Lipinski definition) is 9. The molecule has 0 aliphatic rings. The molecule has 0 saturated heterocycles. The molecule has 2 aromatic carbocycles. The zero-order chi connectivity index (χ0) is 57.6. The number of benzene rings is 2. The second-order valence-corrected chi connectivity index (χ2v) is 21.5. The van der Waals surface area contributed by atoms with Crippen molar-refractivity contribution in [1.82, 2.24) is 0 Å². The Hall–Kier alpha value is -4.74. The van der Waals surface area contributed by atoms with Crippen LogP contribution in [0.2, 0.25) is 0 Å². The maximum atomic E-state index is 13.0. The molecule has 0 radical (unpaired) electrons. The molecule has 0 heterocycles. The summed E-state index contributed by atoms with van der Waals surface area (Å²) in [6.07, 6.45) is 38.9. The number of aromatic carboxylic acids is 3. The van der Waals surface area contributed by atoms with Gasteiger partial charge in [0.25, 0.3) is 0 Å². The predicted octanol–water partition coefficient (Wildman–Crippen LogP) is 18.7. The fourth-order valence-electron chi connectivity index (χ4n) is 10.1. The molecule has 0 spiro atoms. The Kier molecular flexibility index (Phi) is 43.0. The second kappa shape index (κ2) is 47.1. The molecule has 2 aromatic rings. The van der Waals surface area contributed by atoms with Crippen molar-refractivity contribution >= 4 is 35.8 Å². The minimum Gasteiger partial charge on any atom is -0.478 e. The highest BCUT2D eigenvalue weighted by Crippen LogP contribution is 2.34. The fraction of sp³-hybridized carbons (Fsp3) is 0.727. The Morgan fingerprint density at radius 1 is 0.308 bits per heavy atom. The van der Waals surface area contributed by atoms with E-state index in [9.17, 15) is 44.1 Å². The number of esters is 3. The molecule has 0 aliphatic carbocycles. The van der Waals surface area contributed by atoms with Crippen LogP contribution in [0.25, 0.3) is 0 Å². The summed E-state index contributed by atoms with van der Waals surface area (Å²) in [6, 6.07) is 4.41. The van der Waals surface area contributed by atoms with E-state index in [2.05, 4.69) is 41.5 Å². The predicted molar refractivity (Wildman–Crippen MR) is 316 cm³/mol. The van der Waals surface area contributed by atoms with Crippen LogP contribution < -0.4 is 0 Å². The molecular weight excluding hydrogens is 985 g/mol. The summed E-state index contributed by atoms with van der Waals surface area (Å²) in [4.78, 5) is 76.3. The van der Waals surface area contributed by atoms with Crippen molar-refractivity contribution in [1.29, 1.82) is 0 Å². The average Bonchev–Trinajstić information content (AvgIpc) is 3.43. The van der Waals surface area contributed by atoms with Crippen LogP contribution in [-0.2, 0) is 33.5 Å². The van der Waals surface area contributed by atoms with E-state index in [1.165, 1.54) is 82.4 Å². The zero-order valence-electron chi connectivity index (χ0n) is 49.9. The van der Waals surface area contributed by atoms with Crippen molar-refractivity contribution in [2.24, 2.45) is 0 Å². The van der Waals surface area contributed by atoms with Crippen LogP contribution in [-0.4, -0.2) is 71.0 Å². The van der Waals surface area contributed by atoms with Gasteiger partial charge in [-0.05, 0) is 92.7 Å². The molecule has 0 aromatic heterocycles. The monoisotopic (exact) mass is 1090 g/mol. The number of rotatable bonds is 48. The van der Waals surface area contributed by atoms with Crippen molar-refractivity contribution in [3.63, 3.8) is 0 Å². The average molecular weight is 1090 g/mol. The lowest BCUT2D eigenvalue weighted by atomic mass is 9.80. The van der Waals surface area contributed by atoms with Crippen molar-refractivity contribution < 1.29 is 58.3 Å². The van der Waals surface area contributed by atoms with Crippen LogP contribution in [0.15, 0.2) is 18.2 Å². The highest BCUT2D eigenvalue weighted by atomic mass is 16.5. The zero-order valence-corrected chi connectivity index (χ0v) is 49.9. The third-order valence-corrected chi connectivity index (χ3v) is 14.7. The van der Waals surface area contributed by atoms with Gasteiger partial charge in [0.15, 0.2) is 0 Å². The Bertz CT molecular complexity index is 1970. The van der Waals surface area contributed by atoms with Crippen LogP contribution in [0.3, 0.4) is 0 Å². The molecule has 0 unspecified atom stereocenters. The molecule has 0 atom stereocenters. The summed E-state index contributed by atoms with van der Waals surface area (Å²) in [7, 11) is 0. The summed E-state index contributed by atoms with van der Waals surface area (Å²) >= 11 is 0. The van der Waals surface area contributed by atoms with Gasteiger partial charge >= 0.3 is 35.8 Å². The van der Waals surface area contributed by atoms with E-state index in [0.29, 0.717) is 43.6 Å². The Balaban J connectivity index is 0.000000780. The van der Waals surface area contributed by atoms with Gasteiger partial charge in [0.2, 0.25) is 0 Å². The summed E-state index contributed by atoms with van der Waals surface area (Å²) in [6.45, 7) is 13.9. The van der Waals surface area contributed by atoms with Crippen molar-refractivity contribution in [2.75, 3.05) is 19.8 Å². The van der Waals surface area contributed by atoms with Gasteiger partial charge in [-0.2, -0.15) is 0 Å². The first-order valence-corrected chi connectivity index (χ1v) is 31.4. The third-order valence-electron chi connectivity index (χ3n) is 14.7. The topological polar surface area (TPSA) is 191 Å². The third kappa shape index (κ3) is 30.6. The maximum Gasteiger partial charge on any atom is 0.339 e. The van der Waals surface area contributed by atoms with Crippen LogP contribution in [0.5, 0.6) is 0 Å². The first kappa shape index (κ1) is 71.3. The van der Waals surface area contributed by atoms with E-state index in [1.54, 1.807) is 0 Å². The minimum atomic E-state index is -1.34. The normalized spacial score (nSPS) is 11.0. The molecule has 0 bridgehead atoms. The largest absolute Gasteiger partial charge is 0.478 e. The van der Waals surface area contributed by atoms with Gasteiger partial charge in [0.05, 0.1) is 53.2 Å². The number of ether oxygens (including phenoxy) is 3. The quantitative estimate of drug-likeness (QED) is 0.0323. The number of unbranched alkanes of at least 4 members (excludes halogenated alkanes) is 30. The van der Waals surface area contributed by atoms with Gasteiger partial charge in [-0.1, -0.05) is 234 Å². The summed E-state index contributed by atoms with van der Waals surface area (Å²) < 4.78 is 16.4. The molecule has 0 amide bonds. The van der Waals surface area contributed by atoms with Crippen LogP contribution in [0.1, 0.15) is 352 Å². The number of carbonyl (C=O) groups is 6. The Labute approximate surface area is 472 Å². The van der Waals surface area contributed by atoms with Crippen molar-refractivity contribution in [3.8, 4) is 0 Å².